The van der Waals surface area contributed by atoms with E-state index in [4.69, 9.17) is 28.4 Å². The van der Waals surface area contributed by atoms with Crippen LogP contribution in [0.15, 0.2) is 36.4 Å². The summed E-state index contributed by atoms with van der Waals surface area (Å²) in [7, 11) is 6.10. The average molecular weight is 502 g/mol. The lowest BCUT2D eigenvalue weighted by Gasteiger charge is -2.33. The van der Waals surface area contributed by atoms with Gasteiger partial charge in [-0.15, -0.1) is 0 Å². The molecule has 0 aliphatic carbocycles. The second kappa shape index (κ2) is 13.5. The summed E-state index contributed by atoms with van der Waals surface area (Å²) in [5.74, 6) is 1.78. The van der Waals surface area contributed by atoms with Crippen molar-refractivity contribution < 1.29 is 38.0 Å². The number of carbonyl (C=O) groups is 2. The highest BCUT2D eigenvalue weighted by Crippen LogP contribution is 2.41. The summed E-state index contributed by atoms with van der Waals surface area (Å²) in [5, 5.41) is 0. The fourth-order valence-electron chi connectivity index (χ4n) is 4.16. The summed E-state index contributed by atoms with van der Waals surface area (Å²) in [6, 6.07) is 10.3. The Bertz CT molecular complexity index is 982. The molecular weight excluding hydrogens is 466 g/mol. The molecule has 9 heteroatoms. The average Bonchev–Trinajstić information content (AvgIpc) is 2.92. The van der Waals surface area contributed by atoms with Gasteiger partial charge in [-0.2, -0.15) is 0 Å². The first-order valence-corrected chi connectivity index (χ1v) is 12.1. The Morgan fingerprint density at radius 1 is 0.861 bits per heavy atom. The minimum absolute atomic E-state index is 0.228. The molecule has 2 aromatic rings. The van der Waals surface area contributed by atoms with Crippen LogP contribution < -0.4 is 23.7 Å². The fourth-order valence-corrected chi connectivity index (χ4v) is 4.16. The molecule has 1 heterocycles. The molecule has 196 valence electrons. The first-order chi connectivity index (χ1) is 17.5. The van der Waals surface area contributed by atoms with E-state index in [9.17, 15) is 9.59 Å². The number of likely N-dealkylation sites (tertiary alicyclic amines) is 1. The number of hydrogen-bond acceptors (Lipinski definition) is 8. The molecule has 0 N–H and O–H groups in total. The molecule has 36 heavy (non-hydrogen) atoms. The SMILES string of the molecule is COc1ccc(CCCCOC(=O)C2CCCCN2C(=O)Oc2cc(OC)c(OC)c(OC)c2)cc1. The van der Waals surface area contributed by atoms with E-state index in [1.807, 2.05) is 24.3 Å². The summed E-state index contributed by atoms with van der Waals surface area (Å²) in [6.45, 7) is 0.724. The molecule has 1 aliphatic rings. The smallest absolute Gasteiger partial charge is 0.415 e. The summed E-state index contributed by atoms with van der Waals surface area (Å²) in [4.78, 5) is 27.2. The largest absolute Gasteiger partial charge is 0.497 e. The van der Waals surface area contributed by atoms with Crippen molar-refractivity contribution in [2.75, 3.05) is 41.6 Å². The van der Waals surface area contributed by atoms with Gasteiger partial charge in [0, 0.05) is 18.7 Å². The first kappa shape index (κ1) is 27.0. The predicted octanol–water partition coefficient (Wildman–Crippen LogP) is 4.64. The van der Waals surface area contributed by atoms with Gasteiger partial charge in [-0.25, -0.2) is 9.59 Å². The lowest BCUT2D eigenvalue weighted by atomic mass is 10.0. The van der Waals surface area contributed by atoms with Gasteiger partial charge in [-0.3, -0.25) is 4.90 Å². The van der Waals surface area contributed by atoms with Gasteiger partial charge in [0.2, 0.25) is 5.75 Å². The maximum absolute atomic E-state index is 13.0. The van der Waals surface area contributed by atoms with Crippen LogP contribution >= 0.6 is 0 Å². The second-order valence-electron chi connectivity index (χ2n) is 8.41. The predicted molar refractivity (Wildman–Crippen MR) is 133 cm³/mol. The third-order valence-corrected chi connectivity index (χ3v) is 6.12. The number of unbranched alkanes of at least 4 members (excludes halogenated alkanes) is 1. The third-order valence-electron chi connectivity index (χ3n) is 6.12. The fraction of sp³-hybridized carbons (Fsp3) is 0.481. The second-order valence-corrected chi connectivity index (χ2v) is 8.41. The van der Waals surface area contributed by atoms with Crippen LogP contribution in [0.4, 0.5) is 4.79 Å². The maximum atomic E-state index is 13.0. The van der Waals surface area contributed by atoms with Gasteiger partial charge < -0.3 is 28.4 Å². The third kappa shape index (κ3) is 6.96. The Labute approximate surface area is 212 Å². The van der Waals surface area contributed by atoms with Crippen LogP contribution in [-0.2, 0) is 16.0 Å². The van der Waals surface area contributed by atoms with Crippen LogP contribution in [0.2, 0.25) is 0 Å². The van der Waals surface area contributed by atoms with Crippen molar-refractivity contribution >= 4 is 12.1 Å². The molecular formula is C27H35NO8. The van der Waals surface area contributed by atoms with Crippen LogP contribution in [0.1, 0.15) is 37.7 Å². The Balaban J connectivity index is 1.53. The van der Waals surface area contributed by atoms with Gasteiger partial charge in [0.1, 0.15) is 17.5 Å². The molecule has 1 unspecified atom stereocenters. The minimum atomic E-state index is -0.671. The van der Waals surface area contributed by atoms with E-state index in [0.717, 1.165) is 37.9 Å². The van der Waals surface area contributed by atoms with Crippen molar-refractivity contribution in [1.29, 1.82) is 0 Å². The van der Waals surface area contributed by atoms with Gasteiger partial charge >= 0.3 is 12.1 Å². The molecule has 0 bridgehead atoms. The molecule has 3 rings (SSSR count). The molecule has 1 atom stereocenters. The normalized spacial score (nSPS) is 15.1. The summed E-state index contributed by atoms with van der Waals surface area (Å²) in [6.07, 6.45) is 4.05. The Kier molecular flexibility index (Phi) is 10.1. The summed E-state index contributed by atoms with van der Waals surface area (Å²) >= 11 is 0. The highest BCUT2D eigenvalue weighted by atomic mass is 16.6. The molecule has 0 radical (unpaired) electrons. The zero-order valence-electron chi connectivity index (χ0n) is 21.4. The van der Waals surface area contributed by atoms with Crippen LogP contribution in [0.25, 0.3) is 0 Å². The van der Waals surface area contributed by atoms with E-state index >= 15 is 0 Å². The lowest BCUT2D eigenvalue weighted by Crippen LogP contribution is -2.49. The monoisotopic (exact) mass is 501 g/mol. The molecule has 1 aliphatic heterocycles. The number of esters is 1. The van der Waals surface area contributed by atoms with Crippen molar-refractivity contribution in [1.82, 2.24) is 4.90 Å². The van der Waals surface area contributed by atoms with E-state index in [1.165, 1.54) is 31.8 Å². The number of carbonyl (C=O) groups excluding carboxylic acids is 2. The molecule has 0 aromatic heterocycles. The number of nitrogens with zero attached hydrogens (tertiary/aromatic N) is 1. The van der Waals surface area contributed by atoms with Gasteiger partial charge in [0.25, 0.3) is 0 Å². The minimum Gasteiger partial charge on any atom is -0.497 e. The molecule has 9 nitrogen and oxygen atoms in total. The Morgan fingerprint density at radius 3 is 2.17 bits per heavy atom. The Hall–Kier alpha value is -3.62. The zero-order chi connectivity index (χ0) is 25.9. The van der Waals surface area contributed by atoms with Gasteiger partial charge in [0.15, 0.2) is 11.5 Å². The van der Waals surface area contributed by atoms with E-state index < -0.39 is 18.1 Å². The number of hydrogen-bond donors (Lipinski definition) is 0. The number of methoxy groups -OCH3 is 4. The van der Waals surface area contributed by atoms with Gasteiger partial charge in [-0.05, 0) is 56.2 Å². The molecule has 1 saturated heterocycles. The van der Waals surface area contributed by atoms with Crippen LogP contribution in [0, 0.1) is 0 Å². The maximum Gasteiger partial charge on any atom is 0.415 e. The topological polar surface area (TPSA) is 92.8 Å². The number of rotatable bonds is 11. The summed E-state index contributed by atoms with van der Waals surface area (Å²) < 4.78 is 32.2. The van der Waals surface area contributed by atoms with Crippen molar-refractivity contribution in [3.63, 3.8) is 0 Å². The number of benzene rings is 2. The van der Waals surface area contributed by atoms with Crippen LogP contribution in [0.3, 0.4) is 0 Å². The van der Waals surface area contributed by atoms with Gasteiger partial charge in [0.05, 0.1) is 35.0 Å². The van der Waals surface area contributed by atoms with Gasteiger partial charge in [-0.1, -0.05) is 12.1 Å². The van der Waals surface area contributed by atoms with E-state index in [0.29, 0.717) is 36.8 Å². The van der Waals surface area contributed by atoms with E-state index in [1.54, 1.807) is 19.2 Å². The van der Waals surface area contributed by atoms with Crippen LogP contribution in [0.5, 0.6) is 28.7 Å². The molecule has 1 amide bonds. The zero-order valence-corrected chi connectivity index (χ0v) is 21.4. The van der Waals surface area contributed by atoms with Crippen molar-refractivity contribution in [2.24, 2.45) is 0 Å². The molecule has 0 spiro atoms. The van der Waals surface area contributed by atoms with Crippen molar-refractivity contribution in [3.05, 3.63) is 42.0 Å². The highest BCUT2D eigenvalue weighted by Gasteiger charge is 2.34. The summed E-state index contributed by atoms with van der Waals surface area (Å²) in [5.41, 5.74) is 1.20. The van der Waals surface area contributed by atoms with E-state index in [2.05, 4.69) is 0 Å². The van der Waals surface area contributed by atoms with Crippen molar-refractivity contribution in [3.8, 4) is 28.7 Å². The van der Waals surface area contributed by atoms with E-state index in [-0.39, 0.29) is 5.75 Å². The van der Waals surface area contributed by atoms with Crippen LogP contribution in [-0.4, -0.2) is 64.6 Å². The lowest BCUT2D eigenvalue weighted by molar-refractivity contribution is -0.150. The molecule has 0 saturated carbocycles. The molecule has 1 fully saturated rings. The first-order valence-electron chi connectivity index (χ1n) is 12.1. The standard InChI is InChI=1S/C27H35NO8/c1-31-20-13-11-19(12-14-20)9-6-8-16-35-26(29)22-10-5-7-15-28(22)27(30)36-21-17-23(32-2)25(34-4)24(18-21)33-3/h11-14,17-18,22H,5-10,15-16H2,1-4H3. The molecule has 2 aromatic carbocycles. The number of piperidine rings is 1. The quantitative estimate of drug-likeness (QED) is 0.325. The Morgan fingerprint density at radius 2 is 1.56 bits per heavy atom. The number of amides is 1. The van der Waals surface area contributed by atoms with Crippen molar-refractivity contribution in [2.45, 2.75) is 44.6 Å². The number of aryl methyl sites for hydroxylation is 1. The highest BCUT2D eigenvalue weighted by molar-refractivity contribution is 5.82. The number of ether oxygens (including phenoxy) is 6.